The van der Waals surface area contributed by atoms with Crippen LogP contribution in [0.4, 0.5) is 5.82 Å². The van der Waals surface area contributed by atoms with Gasteiger partial charge in [0.2, 0.25) is 6.79 Å². The summed E-state index contributed by atoms with van der Waals surface area (Å²) in [7, 11) is 0. The van der Waals surface area contributed by atoms with Crippen molar-refractivity contribution in [3.63, 3.8) is 0 Å². The van der Waals surface area contributed by atoms with E-state index < -0.39 is 12.0 Å². The van der Waals surface area contributed by atoms with Gasteiger partial charge in [-0.2, -0.15) is 5.10 Å². The fraction of sp³-hybridized carbons (Fsp3) is 0.308. The van der Waals surface area contributed by atoms with E-state index in [-0.39, 0.29) is 13.2 Å². The van der Waals surface area contributed by atoms with Gasteiger partial charge in [-0.1, -0.05) is 6.07 Å². The number of pyridine rings is 2. The van der Waals surface area contributed by atoms with Crippen LogP contribution in [0.1, 0.15) is 35.7 Å². The number of aliphatic carboxylic acids is 1. The van der Waals surface area contributed by atoms with Crippen molar-refractivity contribution in [3.05, 3.63) is 65.6 Å². The van der Waals surface area contributed by atoms with E-state index in [0.29, 0.717) is 30.2 Å². The average molecular weight is 488 g/mol. The summed E-state index contributed by atoms with van der Waals surface area (Å²) in [5.41, 5.74) is 3.74. The van der Waals surface area contributed by atoms with E-state index in [2.05, 4.69) is 27.5 Å². The van der Waals surface area contributed by atoms with Gasteiger partial charge in [0.1, 0.15) is 11.6 Å². The second-order valence-electron chi connectivity index (χ2n) is 8.84. The second-order valence-corrected chi connectivity index (χ2v) is 8.84. The summed E-state index contributed by atoms with van der Waals surface area (Å²) in [4.78, 5) is 20.7. The van der Waals surface area contributed by atoms with Gasteiger partial charge in [0, 0.05) is 30.2 Å². The molecule has 2 N–H and O–H groups in total. The molecule has 0 spiro atoms. The lowest BCUT2D eigenvalue weighted by Crippen LogP contribution is -2.16. The first kappa shape index (κ1) is 22.1. The Bertz CT molecular complexity index is 1440. The van der Waals surface area contributed by atoms with E-state index in [1.54, 1.807) is 23.1 Å². The molecule has 0 saturated carbocycles. The summed E-state index contributed by atoms with van der Waals surface area (Å²) in [5, 5.41) is 18.3. The zero-order valence-electron chi connectivity index (χ0n) is 19.5. The number of carbonyl (C=O) groups is 1. The lowest BCUT2D eigenvalue weighted by Gasteiger charge is -2.18. The smallest absolute Gasteiger partial charge is 0.305 e. The SMILES string of the molecule is O=C(O)CC(c1cnc2c(c1)OCO2)n1ncc2cc(OCCc3ccc4c(n3)NCCC4)ccc21. The number of aryl methyl sites for hydroxylation is 1. The predicted octanol–water partition coefficient (Wildman–Crippen LogP) is 3.60. The van der Waals surface area contributed by atoms with E-state index in [1.165, 1.54) is 5.56 Å². The number of fused-ring (bicyclic) bond motifs is 3. The molecule has 4 aromatic rings. The van der Waals surface area contributed by atoms with E-state index in [4.69, 9.17) is 19.2 Å². The molecule has 2 aliphatic heterocycles. The maximum atomic E-state index is 11.7. The lowest BCUT2D eigenvalue weighted by molar-refractivity contribution is -0.137. The topological polar surface area (TPSA) is 121 Å². The van der Waals surface area contributed by atoms with E-state index in [1.807, 2.05) is 18.2 Å². The van der Waals surface area contributed by atoms with Crippen LogP contribution in [0.3, 0.4) is 0 Å². The fourth-order valence-corrected chi connectivity index (χ4v) is 4.65. The molecule has 0 fully saturated rings. The lowest BCUT2D eigenvalue weighted by atomic mass is 10.1. The maximum absolute atomic E-state index is 11.7. The maximum Gasteiger partial charge on any atom is 0.305 e. The number of carboxylic acids is 1. The third kappa shape index (κ3) is 4.37. The van der Waals surface area contributed by atoms with Gasteiger partial charge < -0.3 is 24.6 Å². The van der Waals surface area contributed by atoms with Crippen LogP contribution in [0.15, 0.2) is 48.8 Å². The Labute approximate surface area is 206 Å². The molecule has 5 heterocycles. The summed E-state index contributed by atoms with van der Waals surface area (Å²) in [5.74, 6) is 1.67. The van der Waals surface area contributed by atoms with Crippen LogP contribution in [-0.2, 0) is 17.6 Å². The van der Waals surface area contributed by atoms with Gasteiger partial charge >= 0.3 is 5.97 Å². The van der Waals surface area contributed by atoms with Gasteiger partial charge in [-0.25, -0.2) is 9.97 Å². The Balaban J connectivity index is 1.19. The molecular formula is C26H25N5O5. The number of carboxylic acid groups (broad SMARTS) is 1. The zero-order valence-corrected chi connectivity index (χ0v) is 19.5. The van der Waals surface area contributed by atoms with Crippen molar-refractivity contribution in [2.24, 2.45) is 0 Å². The van der Waals surface area contributed by atoms with Crippen molar-refractivity contribution < 1.29 is 24.1 Å². The largest absolute Gasteiger partial charge is 0.493 e. The van der Waals surface area contributed by atoms with Gasteiger partial charge in [0.05, 0.1) is 30.8 Å². The van der Waals surface area contributed by atoms with Crippen molar-refractivity contribution >= 4 is 22.7 Å². The molecule has 36 heavy (non-hydrogen) atoms. The Morgan fingerprint density at radius 1 is 1.19 bits per heavy atom. The highest BCUT2D eigenvalue weighted by Gasteiger charge is 2.24. The summed E-state index contributed by atoms with van der Waals surface area (Å²) in [6.07, 6.45) is 6.08. The molecule has 1 aromatic carbocycles. The van der Waals surface area contributed by atoms with Crippen LogP contribution < -0.4 is 19.5 Å². The van der Waals surface area contributed by atoms with Crippen LogP contribution >= 0.6 is 0 Å². The highest BCUT2D eigenvalue weighted by Crippen LogP contribution is 2.35. The average Bonchev–Trinajstić information content (AvgIpc) is 3.53. The van der Waals surface area contributed by atoms with Gasteiger partial charge in [-0.05, 0) is 54.3 Å². The highest BCUT2D eigenvalue weighted by atomic mass is 16.7. The molecule has 10 nitrogen and oxygen atoms in total. The van der Waals surface area contributed by atoms with Crippen LogP contribution in [0.25, 0.3) is 10.9 Å². The fourth-order valence-electron chi connectivity index (χ4n) is 4.65. The Morgan fingerprint density at radius 3 is 3.06 bits per heavy atom. The van der Waals surface area contributed by atoms with Crippen molar-refractivity contribution in [1.82, 2.24) is 19.7 Å². The Kier molecular flexibility index (Phi) is 5.76. The summed E-state index contributed by atoms with van der Waals surface area (Å²) in [6, 6.07) is 11.1. The molecular weight excluding hydrogens is 462 g/mol. The quantitative estimate of drug-likeness (QED) is 0.384. The highest BCUT2D eigenvalue weighted by molar-refractivity contribution is 5.81. The molecule has 10 heteroatoms. The van der Waals surface area contributed by atoms with Gasteiger partial charge in [-0.15, -0.1) is 0 Å². The number of nitrogens with one attached hydrogen (secondary N) is 1. The second kappa shape index (κ2) is 9.37. The Morgan fingerprint density at radius 2 is 2.14 bits per heavy atom. The number of rotatable bonds is 8. The normalized spacial score (nSPS) is 14.8. The number of hydrogen-bond acceptors (Lipinski definition) is 8. The predicted molar refractivity (Wildman–Crippen MR) is 131 cm³/mol. The molecule has 184 valence electrons. The van der Waals surface area contributed by atoms with Crippen molar-refractivity contribution in [2.45, 2.75) is 31.7 Å². The molecule has 0 radical (unpaired) electrons. The minimum Gasteiger partial charge on any atom is -0.493 e. The zero-order chi connectivity index (χ0) is 24.5. The minimum atomic E-state index is -0.938. The first-order valence-corrected chi connectivity index (χ1v) is 11.9. The number of ether oxygens (including phenoxy) is 3. The van der Waals surface area contributed by atoms with Crippen molar-refractivity contribution in [3.8, 4) is 17.4 Å². The number of hydrogen-bond donors (Lipinski definition) is 2. The molecule has 0 aliphatic carbocycles. The molecule has 6 rings (SSSR count). The monoisotopic (exact) mass is 487 g/mol. The number of aromatic nitrogens is 4. The minimum absolute atomic E-state index is 0.0995. The third-order valence-corrected chi connectivity index (χ3v) is 6.44. The molecule has 2 aliphatic rings. The molecule has 3 aromatic heterocycles. The molecule has 0 bridgehead atoms. The first-order chi connectivity index (χ1) is 17.6. The van der Waals surface area contributed by atoms with Crippen LogP contribution in [-0.4, -0.2) is 50.8 Å². The van der Waals surface area contributed by atoms with Crippen molar-refractivity contribution in [1.29, 1.82) is 0 Å². The summed E-state index contributed by atoms with van der Waals surface area (Å²) in [6.45, 7) is 1.56. The molecule has 0 amide bonds. The number of nitrogens with zero attached hydrogens (tertiary/aromatic N) is 4. The standard InChI is InChI=1S/C26H25N5O5/c32-24(33)12-22(18-11-23-26(28-13-18)36-15-35-23)31-21-6-5-20(10-17(21)14-29-31)34-9-7-19-4-3-16-2-1-8-27-25(16)30-19/h3-6,10-11,13-14,22H,1-2,7-9,12,15H2,(H,27,30)(H,32,33). The van der Waals surface area contributed by atoms with E-state index in [9.17, 15) is 9.90 Å². The number of benzene rings is 1. The third-order valence-electron chi connectivity index (χ3n) is 6.44. The molecule has 1 unspecified atom stereocenters. The van der Waals surface area contributed by atoms with Gasteiger partial charge in [0.15, 0.2) is 5.75 Å². The van der Waals surface area contributed by atoms with Crippen LogP contribution in [0.5, 0.6) is 17.4 Å². The summed E-state index contributed by atoms with van der Waals surface area (Å²) >= 11 is 0. The van der Waals surface area contributed by atoms with Crippen molar-refractivity contribution in [2.75, 3.05) is 25.3 Å². The van der Waals surface area contributed by atoms with Crippen LogP contribution in [0.2, 0.25) is 0 Å². The molecule has 1 atom stereocenters. The van der Waals surface area contributed by atoms with Gasteiger partial charge in [0.25, 0.3) is 5.88 Å². The number of anilines is 1. The molecule has 0 saturated heterocycles. The van der Waals surface area contributed by atoms with E-state index >= 15 is 0 Å². The van der Waals surface area contributed by atoms with Crippen LogP contribution in [0, 0.1) is 0 Å². The van der Waals surface area contributed by atoms with Gasteiger partial charge in [-0.3, -0.25) is 9.48 Å². The van der Waals surface area contributed by atoms with E-state index in [0.717, 1.165) is 47.6 Å². The Hall–Kier alpha value is -4.34. The summed E-state index contributed by atoms with van der Waals surface area (Å²) < 4.78 is 18.4. The first-order valence-electron chi connectivity index (χ1n) is 11.9.